The Kier molecular flexibility index (Phi) is 1.74. The molecule has 0 aliphatic rings. The van der Waals surface area contributed by atoms with Crippen LogP contribution in [0.3, 0.4) is 0 Å². The van der Waals surface area contributed by atoms with Gasteiger partial charge in [-0.2, -0.15) is 0 Å². The normalized spacial score (nSPS) is 12.1. The molecule has 13 heavy (non-hydrogen) atoms. The van der Waals surface area contributed by atoms with Crippen molar-refractivity contribution in [2.24, 2.45) is 0 Å². The summed E-state index contributed by atoms with van der Waals surface area (Å²) >= 11 is 0. The molecular formula is C6H3ClN2O3S. The molecule has 0 atom stereocenters. The predicted molar refractivity (Wildman–Crippen MR) is 44.8 cm³/mol. The minimum Gasteiger partial charge on any atom is -0.337 e. The third-order valence-electron chi connectivity index (χ3n) is 1.50. The second-order valence-corrected chi connectivity index (χ2v) is 4.85. The van der Waals surface area contributed by atoms with Gasteiger partial charge in [0.25, 0.3) is 9.05 Å². The summed E-state index contributed by atoms with van der Waals surface area (Å²) in [5.74, 6) is 0. The first kappa shape index (κ1) is 8.46. The van der Waals surface area contributed by atoms with Crippen LogP contribution in [0.2, 0.25) is 0 Å². The van der Waals surface area contributed by atoms with Gasteiger partial charge in [-0.1, -0.05) is 6.07 Å². The fourth-order valence-corrected chi connectivity index (χ4v) is 1.96. The number of hydrogen-bond acceptors (Lipinski definition) is 5. The van der Waals surface area contributed by atoms with E-state index in [9.17, 15) is 8.42 Å². The second kappa shape index (κ2) is 2.68. The van der Waals surface area contributed by atoms with Gasteiger partial charge in [-0.25, -0.2) is 8.42 Å². The van der Waals surface area contributed by atoms with Crippen LogP contribution >= 0.6 is 10.7 Å². The highest BCUT2D eigenvalue weighted by molar-refractivity contribution is 8.14. The predicted octanol–water partition coefficient (Wildman–Crippen LogP) is 1.15. The molecule has 0 aliphatic carbocycles. The quantitative estimate of drug-likeness (QED) is 0.672. The average molecular weight is 219 g/mol. The Bertz CT molecular complexity index is 548. The minimum atomic E-state index is -3.79. The summed E-state index contributed by atoms with van der Waals surface area (Å²) in [7, 11) is 1.37. The first-order valence-corrected chi connectivity index (χ1v) is 5.56. The van der Waals surface area contributed by atoms with Crippen LogP contribution in [0.25, 0.3) is 11.1 Å². The monoisotopic (exact) mass is 218 g/mol. The van der Waals surface area contributed by atoms with E-state index < -0.39 is 9.05 Å². The third kappa shape index (κ3) is 1.38. The molecule has 2 rings (SSSR count). The number of aromatic nitrogens is 2. The number of hydrogen-bond donors (Lipinski definition) is 0. The topological polar surface area (TPSA) is 73.1 Å². The Morgan fingerprint density at radius 2 is 2.15 bits per heavy atom. The fraction of sp³-hybridized carbons (Fsp3) is 0. The van der Waals surface area contributed by atoms with Gasteiger partial charge < -0.3 is 4.52 Å². The molecule has 1 aromatic carbocycles. The summed E-state index contributed by atoms with van der Waals surface area (Å²) in [6.45, 7) is 0. The molecule has 7 heteroatoms. The number of halogens is 1. The Balaban J connectivity index is 2.91. The van der Waals surface area contributed by atoms with Crippen molar-refractivity contribution < 1.29 is 12.9 Å². The molecule has 2 aromatic rings. The first-order chi connectivity index (χ1) is 6.09. The van der Waals surface area contributed by atoms with E-state index in [1.165, 1.54) is 12.1 Å². The van der Waals surface area contributed by atoms with Crippen molar-refractivity contribution in [2.45, 2.75) is 4.90 Å². The van der Waals surface area contributed by atoms with E-state index in [1.807, 2.05) is 0 Å². The maximum absolute atomic E-state index is 11.0. The minimum absolute atomic E-state index is 0.0899. The van der Waals surface area contributed by atoms with Gasteiger partial charge in [0.1, 0.15) is 4.90 Å². The van der Waals surface area contributed by atoms with E-state index in [4.69, 9.17) is 10.7 Å². The fourth-order valence-electron chi connectivity index (χ4n) is 0.976. The molecule has 1 heterocycles. The largest absolute Gasteiger partial charge is 0.337 e. The molecule has 0 fully saturated rings. The number of benzene rings is 1. The van der Waals surface area contributed by atoms with Crippen LogP contribution in [0, 0.1) is 0 Å². The maximum Gasteiger partial charge on any atom is 0.263 e. The van der Waals surface area contributed by atoms with Gasteiger partial charge in [0.2, 0.25) is 0 Å². The zero-order valence-electron chi connectivity index (χ0n) is 6.14. The lowest BCUT2D eigenvalue weighted by atomic mass is 10.3. The molecule has 0 saturated carbocycles. The van der Waals surface area contributed by atoms with E-state index in [2.05, 4.69) is 14.9 Å². The molecule has 68 valence electrons. The highest BCUT2D eigenvalue weighted by atomic mass is 35.7. The van der Waals surface area contributed by atoms with Crippen LogP contribution in [0.15, 0.2) is 27.6 Å². The van der Waals surface area contributed by atoms with Gasteiger partial charge in [-0.3, -0.25) is 0 Å². The SMILES string of the molecule is O=S(=O)(Cl)c1cccc2onnc12. The lowest BCUT2D eigenvalue weighted by Crippen LogP contribution is -1.91. The van der Waals surface area contributed by atoms with Gasteiger partial charge in [-0.15, -0.1) is 5.10 Å². The lowest BCUT2D eigenvalue weighted by Gasteiger charge is -1.93. The van der Waals surface area contributed by atoms with Crippen LogP contribution in [0.5, 0.6) is 0 Å². The van der Waals surface area contributed by atoms with Crippen molar-refractivity contribution in [1.82, 2.24) is 10.4 Å². The van der Waals surface area contributed by atoms with Crippen molar-refractivity contribution in [3.8, 4) is 0 Å². The number of fused-ring (bicyclic) bond motifs is 1. The summed E-state index contributed by atoms with van der Waals surface area (Å²) in [5.41, 5.74) is 0.444. The molecule has 0 bridgehead atoms. The lowest BCUT2D eigenvalue weighted by molar-refractivity contribution is 0.424. The average Bonchev–Trinajstić information content (AvgIpc) is 2.48. The summed E-state index contributed by atoms with van der Waals surface area (Å²) in [6, 6.07) is 4.40. The maximum atomic E-state index is 11.0. The zero-order valence-corrected chi connectivity index (χ0v) is 7.71. The summed E-state index contributed by atoms with van der Waals surface area (Å²) in [5, 5.41) is 6.73. The smallest absolute Gasteiger partial charge is 0.263 e. The first-order valence-electron chi connectivity index (χ1n) is 3.25. The van der Waals surface area contributed by atoms with Gasteiger partial charge in [0.05, 0.1) is 0 Å². The van der Waals surface area contributed by atoms with Gasteiger partial charge in [-0.05, 0) is 12.1 Å². The molecular weight excluding hydrogens is 216 g/mol. The summed E-state index contributed by atoms with van der Waals surface area (Å²) in [6.07, 6.45) is 0. The van der Waals surface area contributed by atoms with E-state index in [1.54, 1.807) is 6.07 Å². The van der Waals surface area contributed by atoms with E-state index in [0.29, 0.717) is 5.58 Å². The Morgan fingerprint density at radius 1 is 1.38 bits per heavy atom. The summed E-state index contributed by atoms with van der Waals surface area (Å²) < 4.78 is 26.7. The van der Waals surface area contributed by atoms with Crippen molar-refractivity contribution in [2.75, 3.05) is 0 Å². The van der Waals surface area contributed by atoms with Crippen molar-refractivity contribution in [1.29, 1.82) is 0 Å². The molecule has 1 aromatic heterocycles. The Morgan fingerprint density at radius 3 is 2.85 bits per heavy atom. The van der Waals surface area contributed by atoms with E-state index in [-0.39, 0.29) is 10.4 Å². The standard InChI is InChI=1S/C6H3ClN2O3S/c7-13(10,11)5-3-1-2-4-6(5)8-9-12-4/h1-3H. The van der Waals surface area contributed by atoms with E-state index in [0.717, 1.165) is 0 Å². The number of nitrogens with zero attached hydrogens (tertiary/aromatic N) is 2. The molecule has 0 unspecified atom stereocenters. The highest BCUT2D eigenvalue weighted by Crippen LogP contribution is 2.23. The summed E-state index contributed by atoms with van der Waals surface area (Å²) in [4.78, 5) is -0.0899. The molecule has 0 spiro atoms. The molecule has 0 aliphatic heterocycles. The Labute approximate surface area is 77.7 Å². The molecule has 0 amide bonds. The Hall–Kier alpha value is -1.14. The second-order valence-electron chi connectivity index (χ2n) is 2.31. The van der Waals surface area contributed by atoms with Gasteiger partial charge >= 0.3 is 0 Å². The zero-order chi connectivity index (χ0) is 9.47. The molecule has 5 nitrogen and oxygen atoms in total. The highest BCUT2D eigenvalue weighted by Gasteiger charge is 2.16. The van der Waals surface area contributed by atoms with Crippen molar-refractivity contribution in [3.63, 3.8) is 0 Å². The van der Waals surface area contributed by atoms with Crippen molar-refractivity contribution in [3.05, 3.63) is 18.2 Å². The van der Waals surface area contributed by atoms with Crippen LogP contribution in [0.4, 0.5) is 0 Å². The third-order valence-corrected chi connectivity index (χ3v) is 2.86. The number of rotatable bonds is 1. The van der Waals surface area contributed by atoms with Gasteiger partial charge in [0.15, 0.2) is 11.1 Å². The van der Waals surface area contributed by atoms with E-state index >= 15 is 0 Å². The van der Waals surface area contributed by atoms with Crippen LogP contribution < -0.4 is 0 Å². The molecule has 0 saturated heterocycles. The van der Waals surface area contributed by atoms with Crippen LogP contribution in [-0.4, -0.2) is 18.8 Å². The van der Waals surface area contributed by atoms with Crippen molar-refractivity contribution >= 4 is 30.8 Å². The molecule has 0 N–H and O–H groups in total. The van der Waals surface area contributed by atoms with Crippen LogP contribution in [0.1, 0.15) is 0 Å². The molecule has 0 radical (unpaired) electrons. The van der Waals surface area contributed by atoms with Crippen LogP contribution in [-0.2, 0) is 9.05 Å². The van der Waals surface area contributed by atoms with Gasteiger partial charge in [0, 0.05) is 16.0 Å².